The third-order valence-electron chi connectivity index (χ3n) is 4.39. The van der Waals surface area contributed by atoms with Crippen LogP contribution in [0.4, 0.5) is 5.82 Å². The molecule has 1 aliphatic rings. The van der Waals surface area contributed by atoms with Crippen molar-refractivity contribution in [3.8, 4) is 0 Å². The number of H-pyrrole nitrogens is 1. The van der Waals surface area contributed by atoms with Crippen molar-refractivity contribution in [2.75, 3.05) is 18.0 Å². The minimum absolute atomic E-state index is 0.324. The van der Waals surface area contributed by atoms with Gasteiger partial charge in [0.2, 0.25) is 0 Å². The van der Waals surface area contributed by atoms with Gasteiger partial charge in [-0.2, -0.15) is 0 Å². The van der Waals surface area contributed by atoms with Gasteiger partial charge in [0.05, 0.1) is 24.6 Å². The summed E-state index contributed by atoms with van der Waals surface area (Å²) in [7, 11) is 0. The van der Waals surface area contributed by atoms with Crippen molar-refractivity contribution >= 4 is 16.9 Å². The summed E-state index contributed by atoms with van der Waals surface area (Å²) in [6.07, 6.45) is 5.94. The van der Waals surface area contributed by atoms with Gasteiger partial charge in [0, 0.05) is 19.3 Å². The second-order valence-corrected chi connectivity index (χ2v) is 5.92. The molecule has 0 spiro atoms. The van der Waals surface area contributed by atoms with E-state index >= 15 is 0 Å². The molecule has 0 amide bonds. The van der Waals surface area contributed by atoms with Crippen molar-refractivity contribution < 1.29 is 4.74 Å². The number of benzene rings is 1. The summed E-state index contributed by atoms with van der Waals surface area (Å²) >= 11 is 0. The Balaban J connectivity index is 1.37. The Bertz CT molecular complexity index is 763. The van der Waals surface area contributed by atoms with E-state index in [-0.39, 0.29) is 0 Å². The van der Waals surface area contributed by atoms with E-state index in [1.165, 1.54) is 5.56 Å². The lowest BCUT2D eigenvalue weighted by Gasteiger charge is -2.32. The molecule has 0 radical (unpaired) electrons. The molecule has 5 nitrogen and oxygen atoms in total. The molecule has 3 heterocycles. The Morgan fingerprint density at radius 2 is 1.91 bits per heavy atom. The number of nitrogens with zero attached hydrogens (tertiary/aromatic N) is 3. The number of rotatable bonds is 4. The van der Waals surface area contributed by atoms with Crippen LogP contribution < -0.4 is 4.90 Å². The molecule has 1 fully saturated rings. The van der Waals surface area contributed by atoms with Gasteiger partial charge in [0.15, 0.2) is 5.82 Å². The third kappa shape index (κ3) is 3.05. The van der Waals surface area contributed by atoms with Gasteiger partial charge in [-0.15, -0.1) is 0 Å². The molecule has 4 rings (SSSR count). The number of piperidine rings is 1. The van der Waals surface area contributed by atoms with E-state index in [1.807, 2.05) is 18.3 Å². The molecule has 0 saturated carbocycles. The molecule has 0 bridgehead atoms. The minimum atomic E-state index is 0.324. The van der Waals surface area contributed by atoms with Gasteiger partial charge in [-0.3, -0.25) is 0 Å². The lowest BCUT2D eigenvalue weighted by Crippen LogP contribution is -2.37. The number of pyridine rings is 1. The predicted octanol–water partition coefficient (Wildman–Crippen LogP) is 3.14. The van der Waals surface area contributed by atoms with Crippen LogP contribution in [0, 0.1) is 0 Å². The molecule has 23 heavy (non-hydrogen) atoms. The van der Waals surface area contributed by atoms with Gasteiger partial charge in [0.1, 0.15) is 5.52 Å². The van der Waals surface area contributed by atoms with Crippen LogP contribution in [0.1, 0.15) is 18.4 Å². The van der Waals surface area contributed by atoms with E-state index in [4.69, 9.17) is 4.74 Å². The molecule has 1 aliphatic heterocycles. The van der Waals surface area contributed by atoms with Crippen LogP contribution in [0.25, 0.3) is 11.0 Å². The molecule has 1 aromatic carbocycles. The number of aromatic nitrogens is 3. The van der Waals surface area contributed by atoms with Crippen molar-refractivity contribution in [1.82, 2.24) is 15.0 Å². The molecule has 5 heteroatoms. The van der Waals surface area contributed by atoms with Crippen molar-refractivity contribution in [3.05, 3.63) is 54.5 Å². The molecule has 1 saturated heterocycles. The fraction of sp³-hybridized carbons (Fsp3) is 0.333. The number of aromatic amines is 1. The lowest BCUT2D eigenvalue weighted by atomic mass is 10.1. The normalized spacial score (nSPS) is 16.1. The molecule has 2 aromatic heterocycles. The van der Waals surface area contributed by atoms with Crippen molar-refractivity contribution in [2.45, 2.75) is 25.6 Å². The Hall–Kier alpha value is -2.40. The first-order valence-electron chi connectivity index (χ1n) is 8.09. The third-order valence-corrected chi connectivity index (χ3v) is 4.39. The molecular formula is C18H20N4O. The van der Waals surface area contributed by atoms with E-state index in [9.17, 15) is 0 Å². The van der Waals surface area contributed by atoms with Crippen molar-refractivity contribution in [2.24, 2.45) is 0 Å². The van der Waals surface area contributed by atoms with Crippen molar-refractivity contribution in [3.63, 3.8) is 0 Å². The molecule has 1 N–H and O–H groups in total. The molecule has 118 valence electrons. The van der Waals surface area contributed by atoms with E-state index in [2.05, 4.69) is 44.1 Å². The quantitative estimate of drug-likeness (QED) is 0.804. The largest absolute Gasteiger partial charge is 0.373 e. The van der Waals surface area contributed by atoms with Crippen LogP contribution in [-0.4, -0.2) is 34.1 Å². The Morgan fingerprint density at radius 3 is 2.74 bits per heavy atom. The molecule has 0 aliphatic carbocycles. The second-order valence-electron chi connectivity index (χ2n) is 5.92. The Kier molecular flexibility index (Phi) is 3.94. The highest BCUT2D eigenvalue weighted by molar-refractivity contribution is 5.85. The number of hydrogen-bond acceptors (Lipinski definition) is 4. The first-order chi connectivity index (χ1) is 11.4. The molecule has 0 atom stereocenters. The molecular weight excluding hydrogens is 288 g/mol. The highest BCUT2D eigenvalue weighted by Gasteiger charge is 2.22. The number of fused-ring (bicyclic) bond motifs is 1. The van der Waals surface area contributed by atoms with Crippen LogP contribution in [0.5, 0.6) is 0 Å². The molecule has 3 aromatic rings. The van der Waals surface area contributed by atoms with Crippen LogP contribution >= 0.6 is 0 Å². The highest BCUT2D eigenvalue weighted by atomic mass is 16.5. The van der Waals surface area contributed by atoms with Gasteiger partial charge in [-0.1, -0.05) is 30.3 Å². The average molecular weight is 308 g/mol. The first-order valence-corrected chi connectivity index (χ1v) is 8.09. The van der Waals surface area contributed by atoms with Crippen LogP contribution in [-0.2, 0) is 11.3 Å². The Labute approximate surface area is 135 Å². The monoisotopic (exact) mass is 308 g/mol. The fourth-order valence-electron chi connectivity index (χ4n) is 3.11. The topological polar surface area (TPSA) is 54.0 Å². The second kappa shape index (κ2) is 6.38. The van der Waals surface area contributed by atoms with Gasteiger partial charge in [0.25, 0.3) is 0 Å². The zero-order valence-corrected chi connectivity index (χ0v) is 13.0. The van der Waals surface area contributed by atoms with E-state index in [0.717, 1.165) is 42.8 Å². The number of anilines is 1. The summed E-state index contributed by atoms with van der Waals surface area (Å²) in [5.41, 5.74) is 3.23. The van der Waals surface area contributed by atoms with Crippen LogP contribution in [0.2, 0.25) is 0 Å². The maximum absolute atomic E-state index is 6.06. The maximum Gasteiger partial charge on any atom is 0.156 e. The number of nitrogens with one attached hydrogen (secondary N) is 1. The standard InChI is InChI=1S/C18H20N4O/c1-2-4-14(5-3-1)12-23-15-7-10-22(11-8-15)18-17-16(6-9-19-18)20-13-21-17/h1-6,9,13,15H,7-8,10-12H2,(H,20,21). The SMILES string of the molecule is c1ccc(COC2CCN(c3nccc4[nH]cnc34)CC2)cc1. The molecule has 0 unspecified atom stereocenters. The maximum atomic E-state index is 6.06. The Morgan fingerprint density at radius 1 is 1.09 bits per heavy atom. The summed E-state index contributed by atoms with van der Waals surface area (Å²) in [6, 6.07) is 12.3. The summed E-state index contributed by atoms with van der Waals surface area (Å²) < 4.78 is 6.06. The zero-order valence-electron chi connectivity index (χ0n) is 13.0. The number of ether oxygens (including phenoxy) is 1. The summed E-state index contributed by atoms with van der Waals surface area (Å²) in [4.78, 5) is 14.4. The van der Waals surface area contributed by atoms with Gasteiger partial charge in [-0.25, -0.2) is 9.97 Å². The fourth-order valence-corrected chi connectivity index (χ4v) is 3.11. The highest BCUT2D eigenvalue weighted by Crippen LogP contribution is 2.25. The number of hydrogen-bond donors (Lipinski definition) is 1. The summed E-state index contributed by atoms with van der Waals surface area (Å²) in [5, 5.41) is 0. The minimum Gasteiger partial charge on any atom is -0.373 e. The van der Waals surface area contributed by atoms with Gasteiger partial charge < -0.3 is 14.6 Å². The van der Waals surface area contributed by atoms with E-state index < -0.39 is 0 Å². The average Bonchev–Trinajstić information content (AvgIpc) is 3.10. The van der Waals surface area contributed by atoms with Crippen LogP contribution in [0.3, 0.4) is 0 Å². The van der Waals surface area contributed by atoms with E-state index in [0.29, 0.717) is 12.7 Å². The summed E-state index contributed by atoms with van der Waals surface area (Å²) in [5.74, 6) is 0.977. The van der Waals surface area contributed by atoms with Crippen LogP contribution in [0.15, 0.2) is 48.9 Å². The van der Waals surface area contributed by atoms with Gasteiger partial charge in [-0.05, 0) is 24.5 Å². The predicted molar refractivity (Wildman–Crippen MR) is 90.4 cm³/mol. The zero-order chi connectivity index (χ0) is 15.5. The smallest absolute Gasteiger partial charge is 0.156 e. The van der Waals surface area contributed by atoms with E-state index in [1.54, 1.807) is 6.33 Å². The first kappa shape index (κ1) is 14.2. The number of imidazole rings is 1. The lowest BCUT2D eigenvalue weighted by molar-refractivity contribution is 0.0251. The summed E-state index contributed by atoms with van der Waals surface area (Å²) in [6.45, 7) is 2.61. The van der Waals surface area contributed by atoms with Crippen molar-refractivity contribution in [1.29, 1.82) is 0 Å². The van der Waals surface area contributed by atoms with Gasteiger partial charge >= 0.3 is 0 Å².